The van der Waals surface area contributed by atoms with Crippen LogP contribution in [0.3, 0.4) is 0 Å². The van der Waals surface area contributed by atoms with E-state index in [0.717, 1.165) is 17.7 Å². The van der Waals surface area contributed by atoms with Crippen LogP contribution in [0.4, 0.5) is 5.69 Å². The average molecular weight is 219 g/mol. The smallest absolute Gasteiger partial charge is 0.227 e. The van der Waals surface area contributed by atoms with Crippen molar-refractivity contribution in [2.45, 2.75) is 20.3 Å². The summed E-state index contributed by atoms with van der Waals surface area (Å²) >= 11 is 0. The molecular weight excluding hydrogens is 202 g/mol. The predicted octanol–water partition coefficient (Wildman–Crippen LogP) is 2.60. The molecule has 2 atom stereocenters. The zero-order chi connectivity index (χ0) is 11.7. The minimum absolute atomic E-state index is 0.108. The summed E-state index contributed by atoms with van der Waals surface area (Å²) in [5, 5.41) is 2.93. The van der Waals surface area contributed by atoms with E-state index in [4.69, 9.17) is 4.74 Å². The van der Waals surface area contributed by atoms with Gasteiger partial charge in [-0.05, 0) is 37.0 Å². The molecular formula is C13H17NO2. The van der Waals surface area contributed by atoms with E-state index in [1.54, 1.807) is 7.11 Å². The molecule has 0 saturated heterocycles. The summed E-state index contributed by atoms with van der Waals surface area (Å²) in [6.07, 6.45) is 1.000. The van der Waals surface area contributed by atoms with Crippen LogP contribution in [0.2, 0.25) is 0 Å². The standard InChI is InChI=1S/C13H17NO2/c1-8-4-5-12(16-3)11(6-8)14-13(15)10-7-9(10)2/h4-6,9-10H,7H2,1-3H3,(H,14,15)/t9-,10-/m0/s1. The lowest BCUT2D eigenvalue weighted by molar-refractivity contribution is -0.117. The van der Waals surface area contributed by atoms with E-state index in [1.807, 2.05) is 25.1 Å². The van der Waals surface area contributed by atoms with E-state index in [2.05, 4.69) is 12.2 Å². The molecule has 0 heterocycles. The average Bonchev–Trinajstić information content (AvgIpc) is 2.96. The summed E-state index contributed by atoms with van der Waals surface area (Å²) in [5.41, 5.74) is 1.88. The summed E-state index contributed by atoms with van der Waals surface area (Å²) in [6, 6.07) is 5.78. The van der Waals surface area contributed by atoms with E-state index in [9.17, 15) is 4.79 Å². The van der Waals surface area contributed by atoms with Crippen molar-refractivity contribution in [3.63, 3.8) is 0 Å². The maximum absolute atomic E-state index is 11.8. The van der Waals surface area contributed by atoms with Crippen molar-refractivity contribution in [2.24, 2.45) is 11.8 Å². The van der Waals surface area contributed by atoms with Gasteiger partial charge in [0.2, 0.25) is 5.91 Å². The van der Waals surface area contributed by atoms with E-state index in [0.29, 0.717) is 11.7 Å². The summed E-state index contributed by atoms with van der Waals surface area (Å²) < 4.78 is 5.21. The molecule has 2 rings (SSSR count). The van der Waals surface area contributed by atoms with Gasteiger partial charge >= 0.3 is 0 Å². The third-order valence-corrected chi connectivity index (χ3v) is 3.06. The number of ether oxygens (including phenoxy) is 1. The van der Waals surface area contributed by atoms with Crippen molar-refractivity contribution >= 4 is 11.6 Å². The first kappa shape index (κ1) is 11.0. The summed E-state index contributed by atoms with van der Waals surface area (Å²) in [7, 11) is 1.61. The van der Waals surface area contributed by atoms with Crippen LogP contribution in [0.5, 0.6) is 5.75 Å². The predicted molar refractivity (Wildman–Crippen MR) is 63.6 cm³/mol. The normalized spacial score (nSPS) is 22.7. The van der Waals surface area contributed by atoms with Crippen LogP contribution < -0.4 is 10.1 Å². The number of hydrogen-bond donors (Lipinski definition) is 1. The molecule has 0 radical (unpaired) electrons. The first-order chi connectivity index (χ1) is 7.61. The van der Waals surface area contributed by atoms with Gasteiger partial charge in [-0.15, -0.1) is 0 Å². The van der Waals surface area contributed by atoms with E-state index >= 15 is 0 Å². The lowest BCUT2D eigenvalue weighted by Gasteiger charge is -2.10. The Balaban J connectivity index is 2.13. The molecule has 0 unspecified atom stereocenters. The highest BCUT2D eigenvalue weighted by Crippen LogP contribution is 2.39. The van der Waals surface area contributed by atoms with Gasteiger partial charge in [0.15, 0.2) is 0 Å². The maximum atomic E-state index is 11.8. The van der Waals surface area contributed by atoms with Crippen LogP contribution in [0, 0.1) is 18.8 Å². The number of anilines is 1. The van der Waals surface area contributed by atoms with Crippen LogP contribution in [0.15, 0.2) is 18.2 Å². The van der Waals surface area contributed by atoms with Gasteiger partial charge in [-0.3, -0.25) is 4.79 Å². The van der Waals surface area contributed by atoms with Crippen molar-refractivity contribution < 1.29 is 9.53 Å². The van der Waals surface area contributed by atoms with Gasteiger partial charge in [0.25, 0.3) is 0 Å². The van der Waals surface area contributed by atoms with E-state index in [-0.39, 0.29) is 11.8 Å². The van der Waals surface area contributed by atoms with E-state index < -0.39 is 0 Å². The molecule has 1 saturated carbocycles. The Morgan fingerprint density at radius 2 is 2.19 bits per heavy atom. The van der Waals surface area contributed by atoms with Crippen LogP contribution in [-0.2, 0) is 4.79 Å². The fraction of sp³-hybridized carbons (Fsp3) is 0.462. The molecule has 16 heavy (non-hydrogen) atoms. The molecule has 3 nitrogen and oxygen atoms in total. The number of benzene rings is 1. The largest absolute Gasteiger partial charge is 0.495 e. The van der Waals surface area contributed by atoms with Crippen molar-refractivity contribution in [3.8, 4) is 5.75 Å². The Morgan fingerprint density at radius 3 is 2.75 bits per heavy atom. The second kappa shape index (κ2) is 4.16. The van der Waals surface area contributed by atoms with Gasteiger partial charge in [-0.25, -0.2) is 0 Å². The van der Waals surface area contributed by atoms with Gasteiger partial charge in [-0.1, -0.05) is 13.0 Å². The fourth-order valence-electron chi connectivity index (χ4n) is 1.83. The van der Waals surface area contributed by atoms with Crippen molar-refractivity contribution in [1.82, 2.24) is 0 Å². The fourth-order valence-corrected chi connectivity index (χ4v) is 1.83. The topological polar surface area (TPSA) is 38.3 Å². The minimum Gasteiger partial charge on any atom is -0.495 e. The molecule has 0 spiro atoms. The van der Waals surface area contributed by atoms with Crippen LogP contribution >= 0.6 is 0 Å². The molecule has 0 bridgehead atoms. The van der Waals surface area contributed by atoms with Crippen LogP contribution in [0.1, 0.15) is 18.9 Å². The van der Waals surface area contributed by atoms with Gasteiger partial charge in [0.05, 0.1) is 12.8 Å². The molecule has 1 aromatic rings. The minimum atomic E-state index is 0.108. The lowest BCUT2D eigenvalue weighted by atomic mass is 10.2. The first-order valence-corrected chi connectivity index (χ1v) is 5.57. The molecule has 1 amide bonds. The Kier molecular flexibility index (Phi) is 2.86. The van der Waals surface area contributed by atoms with Crippen molar-refractivity contribution in [2.75, 3.05) is 12.4 Å². The Morgan fingerprint density at radius 1 is 1.50 bits per heavy atom. The number of rotatable bonds is 3. The van der Waals surface area contributed by atoms with Gasteiger partial charge < -0.3 is 10.1 Å². The number of amides is 1. The monoisotopic (exact) mass is 219 g/mol. The number of methoxy groups -OCH3 is 1. The van der Waals surface area contributed by atoms with Gasteiger partial charge in [0, 0.05) is 5.92 Å². The van der Waals surface area contributed by atoms with E-state index in [1.165, 1.54) is 0 Å². The highest BCUT2D eigenvalue weighted by molar-refractivity contribution is 5.95. The van der Waals surface area contributed by atoms with Crippen LogP contribution in [0.25, 0.3) is 0 Å². The number of carbonyl (C=O) groups is 1. The second-order valence-electron chi connectivity index (χ2n) is 4.51. The Labute approximate surface area is 95.8 Å². The lowest BCUT2D eigenvalue weighted by Crippen LogP contribution is -2.15. The van der Waals surface area contributed by atoms with Gasteiger partial charge in [-0.2, -0.15) is 0 Å². The highest BCUT2D eigenvalue weighted by Gasteiger charge is 2.39. The molecule has 1 aliphatic carbocycles. The zero-order valence-corrected chi connectivity index (χ0v) is 9.91. The van der Waals surface area contributed by atoms with Crippen molar-refractivity contribution in [3.05, 3.63) is 23.8 Å². The third-order valence-electron chi connectivity index (χ3n) is 3.06. The SMILES string of the molecule is COc1ccc(C)cc1NC(=O)[C@H]1C[C@@H]1C. The summed E-state index contributed by atoms with van der Waals surface area (Å²) in [6.45, 7) is 4.09. The Hall–Kier alpha value is -1.51. The zero-order valence-electron chi connectivity index (χ0n) is 9.91. The number of hydrogen-bond acceptors (Lipinski definition) is 2. The molecule has 86 valence electrons. The Bertz CT molecular complexity index is 414. The molecule has 3 heteroatoms. The first-order valence-electron chi connectivity index (χ1n) is 5.57. The highest BCUT2D eigenvalue weighted by atomic mass is 16.5. The molecule has 1 fully saturated rings. The number of carbonyl (C=O) groups excluding carboxylic acids is 1. The van der Waals surface area contributed by atoms with Crippen LogP contribution in [-0.4, -0.2) is 13.0 Å². The molecule has 1 N–H and O–H groups in total. The summed E-state index contributed by atoms with van der Waals surface area (Å²) in [4.78, 5) is 11.8. The molecule has 1 aliphatic rings. The summed E-state index contributed by atoms with van der Waals surface area (Å²) in [5.74, 6) is 1.53. The molecule has 0 aliphatic heterocycles. The number of aryl methyl sites for hydroxylation is 1. The third kappa shape index (κ3) is 2.18. The second-order valence-corrected chi connectivity index (χ2v) is 4.51. The maximum Gasteiger partial charge on any atom is 0.227 e. The molecule has 1 aromatic carbocycles. The molecule has 0 aromatic heterocycles. The van der Waals surface area contributed by atoms with Gasteiger partial charge in [0.1, 0.15) is 5.75 Å². The number of nitrogens with one attached hydrogen (secondary N) is 1. The quantitative estimate of drug-likeness (QED) is 0.848. The van der Waals surface area contributed by atoms with Crippen molar-refractivity contribution in [1.29, 1.82) is 0 Å².